The van der Waals surface area contributed by atoms with Crippen molar-refractivity contribution >= 4 is 5.97 Å². The van der Waals surface area contributed by atoms with Crippen molar-refractivity contribution in [2.75, 3.05) is 6.61 Å². The molecule has 2 rings (SSSR count). The van der Waals surface area contributed by atoms with Crippen molar-refractivity contribution in [1.29, 1.82) is 5.26 Å². The third-order valence-electron chi connectivity index (χ3n) is 2.72. The fraction of sp³-hybridized carbons (Fsp3) is 0.385. The molecule has 4 heteroatoms. The molecule has 1 aromatic carbocycles. The molecule has 1 saturated heterocycles. The summed E-state index contributed by atoms with van der Waals surface area (Å²) in [5, 5.41) is 8.76. The van der Waals surface area contributed by atoms with Crippen molar-refractivity contribution < 1.29 is 14.3 Å². The van der Waals surface area contributed by atoms with Crippen molar-refractivity contribution in [3.05, 3.63) is 34.9 Å². The number of carbonyl (C=O) groups excluding carboxylic acids is 1. The molecule has 1 fully saturated rings. The van der Waals surface area contributed by atoms with Crippen LogP contribution < -0.4 is 0 Å². The number of benzene rings is 1. The number of rotatable bonds is 3. The maximum atomic E-state index is 11.4. The van der Waals surface area contributed by atoms with Gasteiger partial charge in [0.05, 0.1) is 18.2 Å². The Kier molecular flexibility index (Phi) is 3.12. The number of epoxide rings is 1. The van der Waals surface area contributed by atoms with E-state index in [1.807, 2.05) is 13.0 Å². The quantitative estimate of drug-likeness (QED) is 0.588. The van der Waals surface area contributed by atoms with Gasteiger partial charge in [-0.15, -0.1) is 0 Å². The number of carbonyl (C=O) groups is 1. The average Bonchev–Trinajstić information content (AvgIpc) is 3.09. The third-order valence-corrected chi connectivity index (χ3v) is 2.72. The normalized spacial score (nSPS) is 21.7. The molecule has 0 aromatic heterocycles. The predicted molar refractivity (Wildman–Crippen MR) is 60.1 cm³/mol. The number of nitrogens with zero attached hydrogens (tertiary/aromatic N) is 1. The van der Waals surface area contributed by atoms with Gasteiger partial charge >= 0.3 is 5.97 Å². The van der Waals surface area contributed by atoms with Crippen LogP contribution in [0.15, 0.2) is 18.2 Å². The van der Waals surface area contributed by atoms with E-state index in [4.69, 9.17) is 14.7 Å². The van der Waals surface area contributed by atoms with Crippen LogP contribution in [0.2, 0.25) is 0 Å². The van der Waals surface area contributed by atoms with E-state index in [9.17, 15) is 4.79 Å². The van der Waals surface area contributed by atoms with Crippen LogP contribution in [0.25, 0.3) is 0 Å². The number of nitriles is 1. The van der Waals surface area contributed by atoms with Gasteiger partial charge in [-0.25, -0.2) is 4.79 Å². The van der Waals surface area contributed by atoms with Crippen LogP contribution in [-0.4, -0.2) is 18.7 Å². The molecule has 0 spiro atoms. The highest BCUT2D eigenvalue weighted by molar-refractivity contribution is 5.78. The zero-order valence-corrected chi connectivity index (χ0v) is 9.77. The van der Waals surface area contributed by atoms with Crippen molar-refractivity contribution in [1.82, 2.24) is 0 Å². The van der Waals surface area contributed by atoms with Crippen LogP contribution >= 0.6 is 0 Å². The summed E-state index contributed by atoms with van der Waals surface area (Å²) in [4.78, 5) is 11.4. The van der Waals surface area contributed by atoms with E-state index < -0.39 is 6.10 Å². The summed E-state index contributed by atoms with van der Waals surface area (Å²) >= 11 is 0. The molecule has 0 N–H and O–H groups in total. The second-order valence-electron chi connectivity index (χ2n) is 3.91. The minimum absolute atomic E-state index is 0.221. The van der Waals surface area contributed by atoms with Crippen LogP contribution in [0.1, 0.15) is 29.7 Å². The van der Waals surface area contributed by atoms with Crippen LogP contribution in [-0.2, 0) is 14.3 Å². The zero-order chi connectivity index (χ0) is 12.4. The molecule has 17 heavy (non-hydrogen) atoms. The molecule has 0 bridgehead atoms. The van der Waals surface area contributed by atoms with Crippen LogP contribution in [0.5, 0.6) is 0 Å². The van der Waals surface area contributed by atoms with Crippen LogP contribution in [0.3, 0.4) is 0 Å². The maximum absolute atomic E-state index is 11.4. The first-order chi connectivity index (χ1) is 8.17. The van der Waals surface area contributed by atoms with Crippen molar-refractivity contribution in [2.45, 2.75) is 26.1 Å². The smallest absolute Gasteiger partial charge is 0.338 e. The largest absolute Gasteiger partial charge is 0.464 e. The van der Waals surface area contributed by atoms with Gasteiger partial charge in [0.25, 0.3) is 0 Å². The fourth-order valence-electron chi connectivity index (χ4n) is 1.82. The van der Waals surface area contributed by atoms with Gasteiger partial charge in [-0.1, -0.05) is 6.07 Å². The summed E-state index contributed by atoms with van der Waals surface area (Å²) in [5.74, 6) is -0.318. The highest BCUT2D eigenvalue weighted by atomic mass is 16.6. The number of ether oxygens (including phenoxy) is 2. The molecule has 1 heterocycles. The van der Waals surface area contributed by atoms with Gasteiger partial charge in [0, 0.05) is 0 Å². The Bertz CT molecular complexity index is 490. The monoisotopic (exact) mass is 231 g/mol. The lowest BCUT2D eigenvalue weighted by molar-refractivity contribution is -0.144. The van der Waals surface area contributed by atoms with Crippen molar-refractivity contribution in [3.8, 4) is 6.07 Å². The summed E-state index contributed by atoms with van der Waals surface area (Å²) in [7, 11) is 0. The zero-order valence-electron chi connectivity index (χ0n) is 9.77. The molecule has 1 aliphatic rings. The van der Waals surface area contributed by atoms with E-state index in [0.29, 0.717) is 12.2 Å². The number of aryl methyl sites for hydroxylation is 1. The average molecular weight is 231 g/mol. The number of hydrogen-bond acceptors (Lipinski definition) is 4. The third kappa shape index (κ3) is 2.29. The molecule has 0 unspecified atom stereocenters. The molecular formula is C13H13NO3. The maximum Gasteiger partial charge on any atom is 0.338 e. The molecule has 1 aromatic rings. The lowest BCUT2D eigenvalue weighted by Gasteiger charge is -2.02. The first-order valence-electron chi connectivity index (χ1n) is 5.50. The first-order valence-corrected chi connectivity index (χ1v) is 5.50. The summed E-state index contributed by atoms with van der Waals surface area (Å²) in [6, 6.07) is 7.43. The van der Waals surface area contributed by atoms with Crippen molar-refractivity contribution in [2.24, 2.45) is 0 Å². The molecule has 4 nitrogen and oxygen atoms in total. The summed E-state index contributed by atoms with van der Waals surface area (Å²) < 4.78 is 10.2. The van der Waals surface area contributed by atoms with Crippen LogP contribution in [0.4, 0.5) is 0 Å². The minimum Gasteiger partial charge on any atom is -0.464 e. The van der Waals surface area contributed by atoms with E-state index in [-0.39, 0.29) is 12.1 Å². The lowest BCUT2D eigenvalue weighted by atomic mass is 10.0. The van der Waals surface area contributed by atoms with E-state index in [1.165, 1.54) is 0 Å². The second kappa shape index (κ2) is 4.56. The molecule has 88 valence electrons. The minimum atomic E-state index is -0.485. The first kappa shape index (κ1) is 11.6. The van der Waals surface area contributed by atoms with Gasteiger partial charge in [-0.05, 0) is 37.1 Å². The molecule has 1 aliphatic heterocycles. The second-order valence-corrected chi connectivity index (χ2v) is 3.91. The molecule has 0 radical (unpaired) electrons. The Morgan fingerprint density at radius 1 is 1.59 bits per heavy atom. The Balaban J connectivity index is 2.11. The number of hydrogen-bond donors (Lipinski definition) is 0. The van der Waals surface area contributed by atoms with E-state index in [1.54, 1.807) is 19.1 Å². The van der Waals surface area contributed by atoms with Gasteiger partial charge < -0.3 is 9.47 Å². The van der Waals surface area contributed by atoms with E-state index in [0.717, 1.165) is 11.1 Å². The van der Waals surface area contributed by atoms with Gasteiger partial charge in [0.2, 0.25) is 0 Å². The summed E-state index contributed by atoms with van der Waals surface area (Å²) in [6.07, 6.45) is -0.705. The molecular weight excluding hydrogens is 218 g/mol. The summed E-state index contributed by atoms with van der Waals surface area (Å²) in [6.45, 7) is 4.03. The Morgan fingerprint density at radius 2 is 2.35 bits per heavy atom. The highest BCUT2D eigenvalue weighted by Crippen LogP contribution is 2.40. The Hall–Kier alpha value is -1.86. The van der Waals surface area contributed by atoms with E-state index in [2.05, 4.69) is 6.07 Å². The van der Waals surface area contributed by atoms with Gasteiger partial charge in [0.1, 0.15) is 6.10 Å². The molecule has 2 atom stereocenters. The summed E-state index contributed by atoms with van der Waals surface area (Å²) in [5.41, 5.74) is 2.52. The highest BCUT2D eigenvalue weighted by Gasteiger charge is 2.47. The topological polar surface area (TPSA) is 62.6 Å². The lowest BCUT2D eigenvalue weighted by Crippen LogP contribution is -2.12. The Labute approximate surface area is 99.8 Å². The van der Waals surface area contributed by atoms with Gasteiger partial charge in [-0.2, -0.15) is 5.26 Å². The number of esters is 1. The van der Waals surface area contributed by atoms with Gasteiger partial charge in [-0.3, -0.25) is 0 Å². The van der Waals surface area contributed by atoms with Gasteiger partial charge in [0.15, 0.2) is 6.10 Å². The van der Waals surface area contributed by atoms with Crippen molar-refractivity contribution in [3.63, 3.8) is 0 Å². The molecule has 0 amide bonds. The fourth-order valence-corrected chi connectivity index (χ4v) is 1.82. The van der Waals surface area contributed by atoms with Crippen LogP contribution in [0, 0.1) is 18.3 Å². The predicted octanol–water partition coefficient (Wildman–Crippen LogP) is 1.87. The van der Waals surface area contributed by atoms with E-state index >= 15 is 0 Å². The Morgan fingerprint density at radius 3 is 2.94 bits per heavy atom. The standard InChI is InChI=1S/C13H13NO3/c1-3-16-13(15)12-11(17-12)10-5-4-9(7-14)6-8(10)2/h4-6,11-12H,3H2,1-2H3/t11-,12-/m0/s1. The SMILES string of the molecule is CCOC(=O)[C@H]1O[C@H]1c1ccc(C#N)cc1C. The molecule has 0 aliphatic carbocycles. The molecule has 0 saturated carbocycles.